The van der Waals surface area contributed by atoms with E-state index in [1.807, 2.05) is 36.6 Å². The van der Waals surface area contributed by atoms with Crippen LogP contribution in [0.2, 0.25) is 5.15 Å². The molecule has 106 valence electrons. The van der Waals surface area contributed by atoms with E-state index in [1.165, 1.54) is 6.08 Å². The smallest absolute Gasteiger partial charge is 0.328 e. The minimum atomic E-state index is -1.00. The molecule has 0 aliphatic carbocycles. The number of nitrogens with zero attached hydrogens (tertiary/aromatic N) is 1. The zero-order chi connectivity index (χ0) is 14.7. The summed E-state index contributed by atoms with van der Waals surface area (Å²) in [5.74, 6) is -0.255. The predicted octanol–water partition coefficient (Wildman–Crippen LogP) is 3.81. The van der Waals surface area contributed by atoms with Crippen molar-refractivity contribution in [2.24, 2.45) is 0 Å². The molecular weight excluding hydrogens is 278 g/mol. The molecule has 20 heavy (non-hydrogen) atoms. The number of carboxylic acid groups (broad SMARTS) is 1. The minimum Gasteiger partial charge on any atom is -0.494 e. The number of aliphatic carboxylic acids is 1. The monoisotopic (exact) mass is 293 g/mol. The summed E-state index contributed by atoms with van der Waals surface area (Å²) in [6, 6.07) is 5.71. The van der Waals surface area contributed by atoms with Crippen molar-refractivity contribution >= 4 is 34.5 Å². The first-order chi connectivity index (χ1) is 9.58. The highest BCUT2D eigenvalue weighted by molar-refractivity contribution is 6.33. The van der Waals surface area contributed by atoms with Gasteiger partial charge in [0.2, 0.25) is 0 Å². The van der Waals surface area contributed by atoms with Gasteiger partial charge in [0, 0.05) is 23.6 Å². The molecule has 0 amide bonds. The summed E-state index contributed by atoms with van der Waals surface area (Å²) in [6.07, 6.45) is 2.61. The molecule has 0 unspecified atom stereocenters. The summed E-state index contributed by atoms with van der Waals surface area (Å²) in [4.78, 5) is 10.7. The average molecular weight is 294 g/mol. The molecule has 1 aromatic carbocycles. The quantitative estimate of drug-likeness (QED) is 0.853. The van der Waals surface area contributed by atoms with Crippen LogP contribution in [-0.4, -0.2) is 22.2 Å². The molecular formula is C15H16ClNO3. The molecule has 1 N–H and O–H groups in total. The number of hydrogen-bond acceptors (Lipinski definition) is 2. The molecule has 2 rings (SSSR count). The van der Waals surface area contributed by atoms with E-state index >= 15 is 0 Å². The first-order valence-electron chi connectivity index (χ1n) is 6.44. The Morgan fingerprint density at radius 3 is 2.80 bits per heavy atom. The lowest BCUT2D eigenvalue weighted by atomic mass is 10.1. The Bertz CT molecular complexity index is 673. The standard InChI is InChI=1S/C15H16ClNO3/c1-3-17-13-7-5-10(20-4-2)9-12(13)11(15(17)16)6-8-14(18)19/h5-9H,3-4H2,1-2H3,(H,18,19)/b8-6+. The maximum absolute atomic E-state index is 10.7. The van der Waals surface area contributed by atoms with E-state index in [-0.39, 0.29) is 0 Å². The molecule has 2 aromatic rings. The Kier molecular flexibility index (Phi) is 4.35. The van der Waals surface area contributed by atoms with E-state index in [4.69, 9.17) is 21.4 Å². The van der Waals surface area contributed by atoms with Gasteiger partial charge in [0.05, 0.1) is 12.1 Å². The molecule has 0 aliphatic heterocycles. The van der Waals surface area contributed by atoms with Crippen molar-refractivity contribution in [3.05, 3.63) is 35.0 Å². The topological polar surface area (TPSA) is 51.5 Å². The fourth-order valence-electron chi connectivity index (χ4n) is 2.21. The number of fused-ring (bicyclic) bond motifs is 1. The molecule has 1 heterocycles. The van der Waals surface area contributed by atoms with Crippen LogP contribution in [-0.2, 0) is 11.3 Å². The zero-order valence-electron chi connectivity index (χ0n) is 11.4. The molecule has 0 atom stereocenters. The van der Waals surface area contributed by atoms with Gasteiger partial charge in [0.25, 0.3) is 0 Å². The Morgan fingerprint density at radius 2 is 2.20 bits per heavy atom. The van der Waals surface area contributed by atoms with Crippen LogP contribution in [0, 0.1) is 0 Å². The SMILES string of the molecule is CCOc1ccc2c(c1)c(/C=C/C(=O)O)c(Cl)n2CC. The van der Waals surface area contributed by atoms with E-state index < -0.39 is 5.97 Å². The summed E-state index contributed by atoms with van der Waals surface area (Å²) in [7, 11) is 0. The summed E-state index contributed by atoms with van der Waals surface area (Å²) < 4.78 is 7.42. The maximum Gasteiger partial charge on any atom is 0.328 e. The second kappa shape index (κ2) is 6.01. The van der Waals surface area contributed by atoms with Gasteiger partial charge >= 0.3 is 5.97 Å². The van der Waals surface area contributed by atoms with Crippen LogP contribution in [0.3, 0.4) is 0 Å². The molecule has 1 aromatic heterocycles. The van der Waals surface area contributed by atoms with Crippen LogP contribution in [0.25, 0.3) is 17.0 Å². The van der Waals surface area contributed by atoms with E-state index in [0.29, 0.717) is 23.9 Å². The fourth-order valence-corrected chi connectivity index (χ4v) is 2.58. The van der Waals surface area contributed by atoms with E-state index in [9.17, 15) is 4.79 Å². The largest absolute Gasteiger partial charge is 0.494 e. The molecule has 0 saturated carbocycles. The van der Waals surface area contributed by atoms with Crippen molar-refractivity contribution in [3.63, 3.8) is 0 Å². The number of aromatic nitrogens is 1. The van der Waals surface area contributed by atoms with Gasteiger partial charge < -0.3 is 14.4 Å². The van der Waals surface area contributed by atoms with Crippen molar-refractivity contribution < 1.29 is 14.6 Å². The van der Waals surface area contributed by atoms with E-state index in [1.54, 1.807) is 0 Å². The molecule has 0 radical (unpaired) electrons. The Morgan fingerprint density at radius 1 is 1.45 bits per heavy atom. The summed E-state index contributed by atoms with van der Waals surface area (Å²) in [5, 5.41) is 10.2. The molecule has 0 fully saturated rings. The lowest BCUT2D eigenvalue weighted by molar-refractivity contribution is -0.131. The lowest BCUT2D eigenvalue weighted by Gasteiger charge is -2.04. The number of hydrogen-bond donors (Lipinski definition) is 1. The summed E-state index contributed by atoms with van der Waals surface area (Å²) in [6.45, 7) is 5.20. The number of benzene rings is 1. The molecule has 4 nitrogen and oxygen atoms in total. The van der Waals surface area contributed by atoms with Gasteiger partial charge in [-0.2, -0.15) is 0 Å². The molecule has 0 aliphatic rings. The third-order valence-corrected chi connectivity index (χ3v) is 3.44. The van der Waals surface area contributed by atoms with Crippen LogP contribution in [0.4, 0.5) is 0 Å². The first-order valence-corrected chi connectivity index (χ1v) is 6.81. The second-order valence-corrected chi connectivity index (χ2v) is 4.59. The van der Waals surface area contributed by atoms with Crippen molar-refractivity contribution in [3.8, 4) is 5.75 Å². The Labute approximate surface area is 122 Å². The van der Waals surface area contributed by atoms with Gasteiger partial charge in [0.1, 0.15) is 10.9 Å². The van der Waals surface area contributed by atoms with Crippen molar-refractivity contribution in [2.75, 3.05) is 6.61 Å². The summed E-state index contributed by atoms with van der Waals surface area (Å²) >= 11 is 6.34. The molecule has 0 saturated heterocycles. The van der Waals surface area contributed by atoms with E-state index in [0.717, 1.165) is 22.7 Å². The normalized spacial score (nSPS) is 11.3. The van der Waals surface area contributed by atoms with Crippen molar-refractivity contribution in [1.82, 2.24) is 4.57 Å². The van der Waals surface area contributed by atoms with Gasteiger partial charge in [-0.1, -0.05) is 11.6 Å². The highest BCUT2D eigenvalue weighted by Crippen LogP contribution is 2.33. The van der Waals surface area contributed by atoms with Crippen LogP contribution in [0.1, 0.15) is 19.4 Å². The zero-order valence-corrected chi connectivity index (χ0v) is 12.1. The predicted molar refractivity (Wildman–Crippen MR) is 80.5 cm³/mol. The van der Waals surface area contributed by atoms with Crippen LogP contribution < -0.4 is 4.74 Å². The van der Waals surface area contributed by atoms with E-state index in [2.05, 4.69) is 0 Å². The van der Waals surface area contributed by atoms with Gasteiger partial charge in [-0.15, -0.1) is 0 Å². The van der Waals surface area contributed by atoms with Crippen LogP contribution in [0.5, 0.6) is 5.75 Å². The number of carboxylic acids is 1. The summed E-state index contributed by atoms with van der Waals surface area (Å²) in [5.41, 5.74) is 1.67. The number of halogens is 1. The number of carbonyl (C=O) groups is 1. The number of rotatable bonds is 5. The number of ether oxygens (including phenoxy) is 1. The highest BCUT2D eigenvalue weighted by Gasteiger charge is 2.13. The van der Waals surface area contributed by atoms with Crippen LogP contribution in [0.15, 0.2) is 24.3 Å². The van der Waals surface area contributed by atoms with Crippen molar-refractivity contribution in [1.29, 1.82) is 0 Å². The molecule has 0 spiro atoms. The third kappa shape index (κ3) is 2.65. The fraction of sp³-hybridized carbons (Fsp3) is 0.267. The second-order valence-electron chi connectivity index (χ2n) is 4.23. The van der Waals surface area contributed by atoms with Gasteiger partial charge in [-0.05, 0) is 38.1 Å². The Hall–Kier alpha value is -1.94. The first kappa shape index (κ1) is 14.5. The third-order valence-electron chi connectivity index (χ3n) is 3.03. The minimum absolute atomic E-state index is 0.536. The molecule has 5 heteroatoms. The van der Waals surface area contributed by atoms with Crippen LogP contribution >= 0.6 is 11.6 Å². The average Bonchev–Trinajstić information content (AvgIpc) is 2.67. The highest BCUT2D eigenvalue weighted by atomic mass is 35.5. The molecule has 0 bridgehead atoms. The van der Waals surface area contributed by atoms with Gasteiger partial charge in [0.15, 0.2) is 0 Å². The van der Waals surface area contributed by atoms with Crippen molar-refractivity contribution in [2.45, 2.75) is 20.4 Å². The van der Waals surface area contributed by atoms with Gasteiger partial charge in [-0.25, -0.2) is 4.79 Å². The lowest BCUT2D eigenvalue weighted by Crippen LogP contribution is -1.94. The Balaban J connectivity index is 2.66. The maximum atomic E-state index is 10.7. The van der Waals surface area contributed by atoms with Gasteiger partial charge in [-0.3, -0.25) is 0 Å². The number of aryl methyl sites for hydroxylation is 1.